The second-order valence-electron chi connectivity index (χ2n) is 7.86. The van der Waals surface area contributed by atoms with E-state index in [1.165, 1.54) is 6.07 Å². The molecule has 4 aromatic rings. The SMILES string of the molecule is Cc1ccc(-c2cc(C(=O)Nc3ccc(C)c(S(N)(=O)=O)c3)c3cnn(C(C)C)c3n2)s1. The number of sulfonamides is 1. The van der Waals surface area contributed by atoms with Gasteiger partial charge in [0.1, 0.15) is 0 Å². The maximum atomic E-state index is 13.3. The van der Waals surface area contributed by atoms with Gasteiger partial charge in [-0.3, -0.25) is 4.79 Å². The summed E-state index contributed by atoms with van der Waals surface area (Å²) in [6, 6.07) is 10.4. The van der Waals surface area contributed by atoms with Crippen molar-refractivity contribution in [2.45, 2.75) is 38.6 Å². The number of fused-ring (bicyclic) bond motifs is 1. The molecule has 0 atom stereocenters. The molecule has 0 bridgehead atoms. The Labute approximate surface area is 190 Å². The lowest BCUT2D eigenvalue weighted by Crippen LogP contribution is -2.16. The molecule has 166 valence electrons. The highest BCUT2D eigenvalue weighted by Crippen LogP contribution is 2.31. The fourth-order valence-corrected chi connectivity index (χ4v) is 5.10. The number of anilines is 1. The van der Waals surface area contributed by atoms with E-state index in [2.05, 4.69) is 10.4 Å². The minimum Gasteiger partial charge on any atom is -0.322 e. The smallest absolute Gasteiger partial charge is 0.256 e. The lowest BCUT2D eigenvalue weighted by atomic mass is 10.1. The molecule has 0 saturated heterocycles. The van der Waals surface area contributed by atoms with Gasteiger partial charge in [-0.1, -0.05) is 6.07 Å². The summed E-state index contributed by atoms with van der Waals surface area (Å²) in [4.78, 5) is 20.1. The third-order valence-corrected chi connectivity index (χ3v) is 7.12. The quantitative estimate of drug-likeness (QED) is 0.453. The first-order chi connectivity index (χ1) is 15.0. The minimum atomic E-state index is -3.91. The summed E-state index contributed by atoms with van der Waals surface area (Å²) in [5.74, 6) is -0.389. The Hall–Kier alpha value is -3.08. The van der Waals surface area contributed by atoms with Crippen molar-refractivity contribution >= 4 is 44.0 Å². The molecular weight excluding hydrogens is 446 g/mol. The number of aromatic nitrogens is 3. The molecule has 0 spiro atoms. The van der Waals surface area contributed by atoms with Gasteiger partial charge in [-0.15, -0.1) is 11.3 Å². The van der Waals surface area contributed by atoms with E-state index in [4.69, 9.17) is 10.1 Å². The van der Waals surface area contributed by atoms with Crippen LogP contribution >= 0.6 is 11.3 Å². The fraction of sp³-hybridized carbons (Fsp3) is 0.227. The van der Waals surface area contributed by atoms with Gasteiger partial charge < -0.3 is 5.32 Å². The highest BCUT2D eigenvalue weighted by molar-refractivity contribution is 7.89. The minimum absolute atomic E-state index is 0.0300. The number of nitrogens with two attached hydrogens (primary N) is 1. The average Bonchev–Trinajstić information content (AvgIpc) is 3.34. The van der Waals surface area contributed by atoms with Crippen LogP contribution in [0.4, 0.5) is 5.69 Å². The Balaban J connectivity index is 1.82. The number of nitrogens with zero attached hydrogens (tertiary/aromatic N) is 3. The van der Waals surface area contributed by atoms with Crippen LogP contribution in [-0.4, -0.2) is 29.1 Å². The number of nitrogens with one attached hydrogen (secondary N) is 1. The molecule has 3 heterocycles. The van der Waals surface area contributed by atoms with Gasteiger partial charge in [0.2, 0.25) is 10.0 Å². The van der Waals surface area contributed by atoms with Crippen molar-refractivity contribution in [1.29, 1.82) is 0 Å². The van der Waals surface area contributed by atoms with E-state index < -0.39 is 10.0 Å². The predicted molar refractivity (Wildman–Crippen MR) is 126 cm³/mol. The van der Waals surface area contributed by atoms with Gasteiger partial charge >= 0.3 is 0 Å². The standard InChI is InChI=1S/C22H23N5O3S2/c1-12(2)27-21-17(11-24-27)16(10-18(26-21)19-8-6-14(4)31-19)22(28)25-15-7-5-13(3)20(9-15)32(23,29)30/h5-12H,1-4H3,(H,25,28)(H2,23,29,30). The van der Waals surface area contributed by atoms with Crippen LogP contribution in [-0.2, 0) is 10.0 Å². The first-order valence-corrected chi connectivity index (χ1v) is 12.3. The van der Waals surface area contributed by atoms with Crippen LogP contribution in [0.2, 0.25) is 0 Å². The molecule has 0 radical (unpaired) electrons. The summed E-state index contributed by atoms with van der Waals surface area (Å²) < 4.78 is 25.5. The van der Waals surface area contributed by atoms with Crippen LogP contribution in [0, 0.1) is 13.8 Å². The van der Waals surface area contributed by atoms with E-state index in [-0.39, 0.29) is 16.8 Å². The monoisotopic (exact) mass is 469 g/mol. The number of hydrogen-bond donors (Lipinski definition) is 2. The number of amides is 1. The van der Waals surface area contributed by atoms with E-state index in [1.807, 2.05) is 32.9 Å². The van der Waals surface area contributed by atoms with Crippen molar-refractivity contribution < 1.29 is 13.2 Å². The summed E-state index contributed by atoms with van der Waals surface area (Å²) in [6.45, 7) is 7.65. The summed E-state index contributed by atoms with van der Waals surface area (Å²) in [5, 5.41) is 13.1. The third-order valence-electron chi connectivity index (χ3n) is 5.05. The van der Waals surface area contributed by atoms with Crippen molar-refractivity contribution in [3.63, 3.8) is 0 Å². The van der Waals surface area contributed by atoms with E-state index in [1.54, 1.807) is 47.3 Å². The molecule has 1 aromatic carbocycles. The Bertz CT molecular complexity index is 1450. The Morgan fingerprint density at radius 3 is 2.53 bits per heavy atom. The fourth-order valence-electron chi connectivity index (χ4n) is 3.47. The highest BCUT2D eigenvalue weighted by Gasteiger charge is 2.20. The van der Waals surface area contributed by atoms with E-state index in [0.29, 0.717) is 33.5 Å². The van der Waals surface area contributed by atoms with Gasteiger partial charge in [-0.2, -0.15) is 5.10 Å². The number of aryl methyl sites for hydroxylation is 2. The maximum Gasteiger partial charge on any atom is 0.256 e. The molecule has 8 nitrogen and oxygen atoms in total. The molecule has 0 fully saturated rings. The highest BCUT2D eigenvalue weighted by atomic mass is 32.2. The number of primary sulfonamides is 1. The summed E-state index contributed by atoms with van der Waals surface area (Å²) in [7, 11) is -3.91. The third kappa shape index (κ3) is 4.16. The second-order valence-corrected chi connectivity index (χ2v) is 10.7. The molecular formula is C22H23N5O3S2. The van der Waals surface area contributed by atoms with Crippen LogP contribution in [0.15, 0.2) is 47.5 Å². The number of pyridine rings is 1. The zero-order valence-electron chi connectivity index (χ0n) is 18.1. The number of carbonyl (C=O) groups excluding carboxylic acids is 1. The predicted octanol–water partition coefficient (Wildman–Crippen LogP) is 4.26. The van der Waals surface area contributed by atoms with Crippen molar-refractivity contribution in [3.05, 3.63) is 58.6 Å². The summed E-state index contributed by atoms with van der Waals surface area (Å²) in [5.41, 5.74) is 2.53. The molecule has 32 heavy (non-hydrogen) atoms. The van der Waals surface area contributed by atoms with Crippen LogP contribution in [0.3, 0.4) is 0 Å². The maximum absolute atomic E-state index is 13.3. The first kappa shape index (κ1) is 22.1. The number of thiophene rings is 1. The number of rotatable bonds is 5. The molecule has 0 aliphatic heterocycles. The van der Waals surface area contributed by atoms with Crippen LogP contribution in [0.1, 0.15) is 40.7 Å². The van der Waals surface area contributed by atoms with E-state index in [0.717, 1.165) is 9.75 Å². The van der Waals surface area contributed by atoms with Crippen molar-refractivity contribution in [2.24, 2.45) is 5.14 Å². The van der Waals surface area contributed by atoms with Crippen LogP contribution in [0.5, 0.6) is 0 Å². The molecule has 0 aliphatic rings. The van der Waals surface area contributed by atoms with Crippen molar-refractivity contribution in [3.8, 4) is 10.6 Å². The number of benzene rings is 1. The zero-order valence-corrected chi connectivity index (χ0v) is 19.7. The summed E-state index contributed by atoms with van der Waals surface area (Å²) >= 11 is 1.59. The Kier molecular flexibility index (Phi) is 5.61. The average molecular weight is 470 g/mol. The molecule has 1 amide bonds. The first-order valence-electron chi connectivity index (χ1n) is 9.94. The van der Waals surface area contributed by atoms with Crippen LogP contribution < -0.4 is 10.5 Å². The van der Waals surface area contributed by atoms with Gasteiger partial charge in [-0.05, 0) is 63.6 Å². The van der Waals surface area contributed by atoms with Gasteiger partial charge in [0.15, 0.2) is 5.65 Å². The normalized spacial score (nSPS) is 11.9. The topological polar surface area (TPSA) is 120 Å². The summed E-state index contributed by atoms with van der Waals surface area (Å²) in [6.07, 6.45) is 1.63. The number of hydrogen-bond acceptors (Lipinski definition) is 6. The Morgan fingerprint density at radius 1 is 1.16 bits per heavy atom. The molecule has 4 rings (SSSR count). The number of carbonyl (C=O) groups is 1. The molecule has 3 aromatic heterocycles. The lowest BCUT2D eigenvalue weighted by molar-refractivity contribution is 0.102. The van der Waals surface area contributed by atoms with Gasteiger partial charge in [0.25, 0.3) is 5.91 Å². The van der Waals surface area contributed by atoms with Gasteiger partial charge in [0.05, 0.1) is 32.6 Å². The van der Waals surface area contributed by atoms with Crippen molar-refractivity contribution in [1.82, 2.24) is 14.8 Å². The van der Waals surface area contributed by atoms with Crippen LogP contribution in [0.25, 0.3) is 21.6 Å². The Morgan fingerprint density at radius 2 is 1.91 bits per heavy atom. The van der Waals surface area contributed by atoms with Crippen molar-refractivity contribution in [2.75, 3.05) is 5.32 Å². The molecule has 0 saturated carbocycles. The molecule has 3 N–H and O–H groups in total. The zero-order chi connectivity index (χ0) is 23.2. The molecule has 10 heteroatoms. The molecule has 0 unspecified atom stereocenters. The van der Waals surface area contributed by atoms with Gasteiger partial charge in [0, 0.05) is 16.6 Å². The van der Waals surface area contributed by atoms with E-state index in [9.17, 15) is 13.2 Å². The van der Waals surface area contributed by atoms with E-state index >= 15 is 0 Å². The molecule has 0 aliphatic carbocycles. The van der Waals surface area contributed by atoms with Gasteiger partial charge in [-0.25, -0.2) is 23.2 Å². The second kappa shape index (κ2) is 8.12. The largest absolute Gasteiger partial charge is 0.322 e. The lowest BCUT2D eigenvalue weighted by Gasteiger charge is -2.11.